The van der Waals surface area contributed by atoms with Crippen LogP contribution in [-0.4, -0.2) is 18.4 Å². The molecule has 1 aromatic rings. The molecule has 66 valence electrons. The van der Waals surface area contributed by atoms with Gasteiger partial charge in [-0.1, -0.05) is 29.8 Å². The summed E-state index contributed by atoms with van der Waals surface area (Å²) in [6, 6.07) is 7.85. The Balaban J connectivity index is 2.31. The minimum Gasteiger partial charge on any atom is -0.441 e. The summed E-state index contributed by atoms with van der Waals surface area (Å²) in [7, 11) is 0. The Morgan fingerprint density at radius 1 is 1.31 bits per heavy atom. The van der Waals surface area contributed by atoms with E-state index in [1.807, 2.05) is 31.2 Å². The molecule has 3 heteroatoms. The van der Waals surface area contributed by atoms with Gasteiger partial charge in [0.15, 0.2) is 0 Å². The lowest BCUT2D eigenvalue weighted by Gasteiger charge is -1.98. The first-order valence-corrected chi connectivity index (χ1v) is 4.07. The Bertz CT molecular complexity index is 365. The summed E-state index contributed by atoms with van der Waals surface area (Å²) in [6.45, 7) is 2.31. The predicted molar refractivity (Wildman–Crippen MR) is 49.1 cm³/mol. The molecular weight excluding hydrogens is 166 g/mol. The summed E-state index contributed by atoms with van der Waals surface area (Å²) in [5, 5.41) is 0. The number of aryl methyl sites for hydroxylation is 1. The number of aliphatic imine (C=N–C) groups is 1. The molecule has 2 rings (SSSR count). The standard InChI is InChI=1S/C10H9NO2/c1-7-2-4-8(5-3-7)9-6-13-10(12)11-9/h2-5H,6H2,1H3. The highest BCUT2D eigenvalue weighted by Crippen LogP contribution is 2.09. The third-order valence-electron chi connectivity index (χ3n) is 1.94. The van der Waals surface area contributed by atoms with Gasteiger partial charge in [0.1, 0.15) is 6.61 Å². The molecule has 1 aliphatic heterocycles. The molecule has 0 N–H and O–H groups in total. The zero-order chi connectivity index (χ0) is 9.26. The van der Waals surface area contributed by atoms with E-state index in [9.17, 15) is 4.79 Å². The van der Waals surface area contributed by atoms with E-state index in [-0.39, 0.29) is 0 Å². The fraction of sp³-hybridized carbons (Fsp3) is 0.200. The van der Waals surface area contributed by atoms with Gasteiger partial charge in [0.25, 0.3) is 0 Å². The number of cyclic esters (lactones) is 1. The summed E-state index contributed by atoms with van der Waals surface area (Å²) in [5.41, 5.74) is 2.86. The lowest BCUT2D eigenvalue weighted by molar-refractivity contribution is 0.181. The van der Waals surface area contributed by atoms with Crippen LogP contribution in [-0.2, 0) is 4.74 Å². The molecule has 0 aliphatic carbocycles. The van der Waals surface area contributed by atoms with Crippen LogP contribution in [0.5, 0.6) is 0 Å². The van der Waals surface area contributed by atoms with Crippen molar-refractivity contribution in [2.24, 2.45) is 4.99 Å². The second-order valence-corrected chi connectivity index (χ2v) is 2.98. The summed E-state index contributed by atoms with van der Waals surface area (Å²) in [5.74, 6) is 0. The second kappa shape index (κ2) is 3.01. The van der Waals surface area contributed by atoms with Gasteiger partial charge in [-0.3, -0.25) is 0 Å². The first kappa shape index (κ1) is 7.98. The van der Waals surface area contributed by atoms with E-state index in [1.54, 1.807) is 0 Å². The van der Waals surface area contributed by atoms with Crippen LogP contribution in [0.15, 0.2) is 29.3 Å². The van der Waals surface area contributed by atoms with Crippen LogP contribution in [0, 0.1) is 6.92 Å². The van der Waals surface area contributed by atoms with Crippen molar-refractivity contribution >= 4 is 11.8 Å². The van der Waals surface area contributed by atoms with E-state index in [0.29, 0.717) is 12.3 Å². The van der Waals surface area contributed by atoms with Gasteiger partial charge < -0.3 is 4.74 Å². The van der Waals surface area contributed by atoms with Crippen LogP contribution in [0.4, 0.5) is 4.79 Å². The molecule has 0 unspecified atom stereocenters. The molecule has 0 fully saturated rings. The van der Waals surface area contributed by atoms with Gasteiger partial charge in [-0.05, 0) is 12.5 Å². The first-order chi connectivity index (χ1) is 6.25. The molecule has 13 heavy (non-hydrogen) atoms. The number of hydrogen-bond acceptors (Lipinski definition) is 2. The van der Waals surface area contributed by atoms with Crippen molar-refractivity contribution in [2.45, 2.75) is 6.92 Å². The molecule has 0 bridgehead atoms. The van der Waals surface area contributed by atoms with Crippen molar-refractivity contribution < 1.29 is 9.53 Å². The van der Waals surface area contributed by atoms with Gasteiger partial charge in [0.05, 0.1) is 5.71 Å². The van der Waals surface area contributed by atoms with E-state index in [0.717, 1.165) is 5.56 Å². The molecule has 1 amide bonds. The number of rotatable bonds is 1. The van der Waals surface area contributed by atoms with Gasteiger partial charge >= 0.3 is 6.09 Å². The Labute approximate surface area is 76.1 Å². The molecule has 3 nitrogen and oxygen atoms in total. The van der Waals surface area contributed by atoms with Crippen LogP contribution in [0.1, 0.15) is 11.1 Å². The van der Waals surface area contributed by atoms with Gasteiger partial charge in [-0.25, -0.2) is 4.79 Å². The maximum absolute atomic E-state index is 10.7. The molecule has 0 aromatic heterocycles. The first-order valence-electron chi connectivity index (χ1n) is 4.07. The summed E-state index contributed by atoms with van der Waals surface area (Å²) in [6.07, 6.45) is -0.490. The van der Waals surface area contributed by atoms with Crippen molar-refractivity contribution in [3.05, 3.63) is 35.4 Å². The maximum atomic E-state index is 10.7. The smallest absolute Gasteiger partial charge is 0.434 e. The van der Waals surface area contributed by atoms with Crippen molar-refractivity contribution in [3.63, 3.8) is 0 Å². The third kappa shape index (κ3) is 1.59. The second-order valence-electron chi connectivity index (χ2n) is 2.98. The predicted octanol–water partition coefficient (Wildman–Crippen LogP) is 1.93. The molecular formula is C10H9NO2. The number of carbonyl (C=O) groups excluding carboxylic acids is 1. The lowest BCUT2D eigenvalue weighted by Crippen LogP contribution is -2.02. The lowest BCUT2D eigenvalue weighted by atomic mass is 10.1. The Kier molecular flexibility index (Phi) is 1.85. The topological polar surface area (TPSA) is 38.7 Å². The molecule has 0 spiro atoms. The Hall–Kier alpha value is -1.64. The minimum atomic E-state index is -0.490. The highest BCUT2D eigenvalue weighted by Gasteiger charge is 2.15. The van der Waals surface area contributed by atoms with E-state index in [1.165, 1.54) is 5.56 Å². The molecule has 0 atom stereocenters. The van der Waals surface area contributed by atoms with Crippen molar-refractivity contribution in [1.82, 2.24) is 0 Å². The number of benzene rings is 1. The average molecular weight is 175 g/mol. The number of ether oxygens (including phenoxy) is 1. The normalized spacial score (nSPS) is 15.5. The van der Waals surface area contributed by atoms with Gasteiger partial charge in [0.2, 0.25) is 0 Å². The molecule has 0 saturated carbocycles. The maximum Gasteiger partial charge on any atom is 0.434 e. The fourth-order valence-electron chi connectivity index (χ4n) is 1.20. The average Bonchev–Trinajstić information content (AvgIpc) is 2.53. The summed E-state index contributed by atoms with van der Waals surface area (Å²) < 4.78 is 4.71. The van der Waals surface area contributed by atoms with Crippen LogP contribution in [0.2, 0.25) is 0 Å². The van der Waals surface area contributed by atoms with E-state index in [2.05, 4.69) is 4.99 Å². The number of amides is 1. The summed E-state index contributed by atoms with van der Waals surface area (Å²) >= 11 is 0. The van der Waals surface area contributed by atoms with Crippen molar-refractivity contribution in [2.75, 3.05) is 6.61 Å². The molecule has 1 heterocycles. The number of hydrogen-bond donors (Lipinski definition) is 0. The SMILES string of the molecule is Cc1ccc(C2=NC(=O)OC2)cc1. The van der Waals surface area contributed by atoms with Crippen molar-refractivity contribution in [1.29, 1.82) is 0 Å². The van der Waals surface area contributed by atoms with E-state index in [4.69, 9.17) is 4.74 Å². The van der Waals surface area contributed by atoms with Crippen LogP contribution in [0.25, 0.3) is 0 Å². The quantitative estimate of drug-likeness (QED) is 0.654. The Morgan fingerprint density at radius 3 is 2.54 bits per heavy atom. The molecule has 1 aliphatic rings. The van der Waals surface area contributed by atoms with Crippen LogP contribution in [0.3, 0.4) is 0 Å². The van der Waals surface area contributed by atoms with Crippen molar-refractivity contribution in [3.8, 4) is 0 Å². The highest BCUT2D eigenvalue weighted by atomic mass is 16.6. The van der Waals surface area contributed by atoms with E-state index < -0.39 is 6.09 Å². The number of carbonyl (C=O) groups is 1. The minimum absolute atomic E-state index is 0.294. The van der Waals surface area contributed by atoms with E-state index >= 15 is 0 Å². The fourth-order valence-corrected chi connectivity index (χ4v) is 1.20. The zero-order valence-electron chi connectivity index (χ0n) is 7.28. The van der Waals surface area contributed by atoms with Gasteiger partial charge in [-0.2, -0.15) is 4.99 Å². The molecule has 1 aromatic carbocycles. The third-order valence-corrected chi connectivity index (χ3v) is 1.94. The zero-order valence-corrected chi connectivity index (χ0v) is 7.28. The van der Waals surface area contributed by atoms with Crippen LogP contribution < -0.4 is 0 Å². The molecule has 0 saturated heterocycles. The van der Waals surface area contributed by atoms with Gasteiger partial charge in [0, 0.05) is 0 Å². The Morgan fingerprint density at radius 2 is 2.00 bits per heavy atom. The highest BCUT2D eigenvalue weighted by molar-refractivity contribution is 6.09. The van der Waals surface area contributed by atoms with Gasteiger partial charge in [-0.15, -0.1) is 0 Å². The monoisotopic (exact) mass is 175 g/mol. The largest absolute Gasteiger partial charge is 0.441 e. The molecule has 0 radical (unpaired) electrons. The summed E-state index contributed by atoms with van der Waals surface area (Å²) in [4.78, 5) is 14.4. The van der Waals surface area contributed by atoms with Crippen LogP contribution >= 0.6 is 0 Å². The number of nitrogens with zero attached hydrogens (tertiary/aromatic N) is 1.